The summed E-state index contributed by atoms with van der Waals surface area (Å²) in [5, 5.41) is 1.12. The molecule has 0 aliphatic heterocycles. The normalized spacial score (nSPS) is 13.6. The second-order valence-corrected chi connectivity index (χ2v) is 4.71. The second kappa shape index (κ2) is 9.01. The molecule has 0 aromatic carbocycles. The molecule has 0 spiro atoms. The lowest BCUT2D eigenvalue weighted by Gasteiger charge is -2.13. The van der Waals surface area contributed by atoms with Crippen LogP contribution in [0.5, 0.6) is 0 Å². The van der Waals surface area contributed by atoms with Gasteiger partial charge in [0, 0.05) is 18.5 Å². The minimum absolute atomic E-state index is 0.661. The number of hydrogen-bond donors (Lipinski definition) is 0. The molecule has 0 amide bonds. The number of alkyl halides is 1. The summed E-state index contributed by atoms with van der Waals surface area (Å²) in [5.41, 5.74) is 0. The molecule has 0 aliphatic carbocycles. The smallest absolute Gasteiger partial charge is 0.0488 e. The standard InChI is InChI=1S/C11H23BrO/c1-4-5-11(8-12)6-7-13-9-10(2)3/h10-11H,4-9H2,1-3H3. The van der Waals surface area contributed by atoms with Crippen LogP contribution in [0.25, 0.3) is 0 Å². The van der Waals surface area contributed by atoms with Crippen molar-refractivity contribution >= 4 is 15.9 Å². The Labute approximate surface area is 91.4 Å². The van der Waals surface area contributed by atoms with Crippen LogP contribution in [0.15, 0.2) is 0 Å². The third-order valence-electron chi connectivity index (χ3n) is 2.04. The monoisotopic (exact) mass is 250 g/mol. The molecular formula is C11H23BrO. The van der Waals surface area contributed by atoms with Gasteiger partial charge in [0.15, 0.2) is 0 Å². The Morgan fingerprint density at radius 2 is 1.92 bits per heavy atom. The summed E-state index contributed by atoms with van der Waals surface area (Å²) in [6, 6.07) is 0. The van der Waals surface area contributed by atoms with Crippen molar-refractivity contribution in [3.8, 4) is 0 Å². The summed E-state index contributed by atoms with van der Waals surface area (Å²) in [6.07, 6.45) is 3.79. The first-order valence-electron chi connectivity index (χ1n) is 5.34. The highest BCUT2D eigenvalue weighted by atomic mass is 79.9. The number of hydrogen-bond acceptors (Lipinski definition) is 1. The van der Waals surface area contributed by atoms with Crippen LogP contribution in [-0.4, -0.2) is 18.5 Å². The Hall–Kier alpha value is 0.440. The van der Waals surface area contributed by atoms with E-state index in [0.717, 1.165) is 24.5 Å². The molecule has 0 aromatic heterocycles. The lowest BCUT2D eigenvalue weighted by molar-refractivity contribution is 0.0990. The molecule has 0 fully saturated rings. The molecule has 80 valence electrons. The van der Waals surface area contributed by atoms with Gasteiger partial charge >= 0.3 is 0 Å². The van der Waals surface area contributed by atoms with Gasteiger partial charge in [-0.05, 0) is 24.7 Å². The van der Waals surface area contributed by atoms with Crippen molar-refractivity contribution in [2.75, 3.05) is 18.5 Å². The quantitative estimate of drug-likeness (QED) is 0.470. The van der Waals surface area contributed by atoms with Gasteiger partial charge in [0.2, 0.25) is 0 Å². The highest BCUT2D eigenvalue weighted by Gasteiger charge is 2.05. The van der Waals surface area contributed by atoms with E-state index in [2.05, 4.69) is 36.7 Å². The largest absolute Gasteiger partial charge is 0.381 e. The van der Waals surface area contributed by atoms with E-state index in [0.29, 0.717) is 5.92 Å². The molecule has 1 unspecified atom stereocenters. The van der Waals surface area contributed by atoms with E-state index in [1.54, 1.807) is 0 Å². The van der Waals surface area contributed by atoms with E-state index < -0.39 is 0 Å². The van der Waals surface area contributed by atoms with E-state index in [1.165, 1.54) is 19.3 Å². The number of rotatable bonds is 8. The molecule has 0 saturated carbocycles. The fourth-order valence-electron chi connectivity index (χ4n) is 1.28. The van der Waals surface area contributed by atoms with E-state index in [1.807, 2.05) is 0 Å². The second-order valence-electron chi connectivity index (χ2n) is 4.07. The molecule has 13 heavy (non-hydrogen) atoms. The summed E-state index contributed by atoms with van der Waals surface area (Å²) < 4.78 is 5.55. The van der Waals surface area contributed by atoms with Crippen LogP contribution in [0.3, 0.4) is 0 Å². The van der Waals surface area contributed by atoms with Crippen molar-refractivity contribution < 1.29 is 4.74 Å². The summed E-state index contributed by atoms with van der Waals surface area (Å²) in [7, 11) is 0. The van der Waals surface area contributed by atoms with Crippen LogP contribution in [-0.2, 0) is 4.74 Å². The average molecular weight is 251 g/mol. The molecule has 0 aliphatic rings. The zero-order valence-corrected chi connectivity index (χ0v) is 10.8. The van der Waals surface area contributed by atoms with Gasteiger partial charge < -0.3 is 4.74 Å². The van der Waals surface area contributed by atoms with Crippen LogP contribution in [0, 0.1) is 11.8 Å². The van der Waals surface area contributed by atoms with Gasteiger partial charge in [-0.3, -0.25) is 0 Å². The van der Waals surface area contributed by atoms with Gasteiger partial charge in [0.25, 0.3) is 0 Å². The highest BCUT2D eigenvalue weighted by molar-refractivity contribution is 9.09. The predicted octanol–water partition coefficient (Wildman–Crippen LogP) is 3.86. The van der Waals surface area contributed by atoms with Crippen LogP contribution >= 0.6 is 15.9 Å². The molecule has 0 rings (SSSR count). The fourth-order valence-corrected chi connectivity index (χ4v) is 1.92. The Kier molecular flexibility index (Phi) is 9.32. The fraction of sp³-hybridized carbons (Fsp3) is 1.00. The molecular weight excluding hydrogens is 228 g/mol. The first-order chi connectivity index (χ1) is 6.20. The third-order valence-corrected chi connectivity index (χ3v) is 2.95. The Morgan fingerprint density at radius 1 is 1.23 bits per heavy atom. The molecule has 0 N–H and O–H groups in total. The Morgan fingerprint density at radius 3 is 2.38 bits per heavy atom. The van der Waals surface area contributed by atoms with Crippen molar-refractivity contribution in [2.45, 2.75) is 40.0 Å². The van der Waals surface area contributed by atoms with E-state index >= 15 is 0 Å². The van der Waals surface area contributed by atoms with Crippen LogP contribution < -0.4 is 0 Å². The topological polar surface area (TPSA) is 9.23 Å². The maximum atomic E-state index is 5.55. The number of halogens is 1. The molecule has 1 nitrogen and oxygen atoms in total. The van der Waals surface area contributed by atoms with Crippen LogP contribution in [0.1, 0.15) is 40.0 Å². The lowest BCUT2D eigenvalue weighted by atomic mass is 10.0. The van der Waals surface area contributed by atoms with Gasteiger partial charge in [0.1, 0.15) is 0 Å². The Balaban J connectivity index is 3.27. The van der Waals surface area contributed by atoms with Crippen molar-refractivity contribution in [1.29, 1.82) is 0 Å². The van der Waals surface area contributed by atoms with Gasteiger partial charge in [0.05, 0.1) is 0 Å². The van der Waals surface area contributed by atoms with Crippen molar-refractivity contribution in [2.24, 2.45) is 11.8 Å². The minimum Gasteiger partial charge on any atom is -0.381 e. The number of ether oxygens (including phenoxy) is 1. The van der Waals surface area contributed by atoms with E-state index in [4.69, 9.17) is 4.74 Å². The Bertz CT molecular complexity index is 104. The molecule has 0 heterocycles. The van der Waals surface area contributed by atoms with Gasteiger partial charge in [-0.1, -0.05) is 43.1 Å². The lowest BCUT2D eigenvalue weighted by Crippen LogP contribution is -2.09. The average Bonchev–Trinajstić information content (AvgIpc) is 2.10. The molecule has 0 bridgehead atoms. The summed E-state index contributed by atoms with van der Waals surface area (Å²) in [5.74, 6) is 1.46. The minimum atomic E-state index is 0.661. The van der Waals surface area contributed by atoms with Gasteiger partial charge in [-0.2, -0.15) is 0 Å². The van der Waals surface area contributed by atoms with Crippen LogP contribution in [0.4, 0.5) is 0 Å². The zero-order chi connectivity index (χ0) is 10.1. The van der Waals surface area contributed by atoms with Crippen molar-refractivity contribution in [3.05, 3.63) is 0 Å². The van der Waals surface area contributed by atoms with Crippen LogP contribution in [0.2, 0.25) is 0 Å². The zero-order valence-electron chi connectivity index (χ0n) is 9.18. The van der Waals surface area contributed by atoms with E-state index in [-0.39, 0.29) is 0 Å². The molecule has 1 atom stereocenters. The molecule has 0 saturated heterocycles. The van der Waals surface area contributed by atoms with Gasteiger partial charge in [-0.25, -0.2) is 0 Å². The van der Waals surface area contributed by atoms with Crippen molar-refractivity contribution in [3.63, 3.8) is 0 Å². The van der Waals surface area contributed by atoms with Gasteiger partial charge in [-0.15, -0.1) is 0 Å². The van der Waals surface area contributed by atoms with Crippen molar-refractivity contribution in [1.82, 2.24) is 0 Å². The maximum absolute atomic E-state index is 5.55. The molecule has 0 aromatic rings. The summed E-state index contributed by atoms with van der Waals surface area (Å²) >= 11 is 3.54. The van der Waals surface area contributed by atoms with E-state index in [9.17, 15) is 0 Å². The first kappa shape index (κ1) is 13.4. The summed E-state index contributed by atoms with van der Waals surface area (Å²) in [6.45, 7) is 8.45. The SMILES string of the molecule is CCCC(CBr)CCOCC(C)C. The first-order valence-corrected chi connectivity index (χ1v) is 6.46. The highest BCUT2D eigenvalue weighted by Crippen LogP contribution is 2.14. The molecule has 0 radical (unpaired) electrons. The predicted molar refractivity (Wildman–Crippen MR) is 62.5 cm³/mol. The maximum Gasteiger partial charge on any atom is 0.0488 e. The third kappa shape index (κ3) is 8.76. The molecule has 2 heteroatoms. The summed E-state index contributed by atoms with van der Waals surface area (Å²) in [4.78, 5) is 0.